The number of aromatic amines is 2. The Morgan fingerprint density at radius 1 is 0.378 bits per heavy atom. The number of H-pyrrole nitrogens is 2. The molecule has 0 atom stereocenters. The van der Waals surface area contributed by atoms with Crippen LogP contribution >= 0.6 is 0 Å². The lowest BCUT2D eigenvalue weighted by Crippen LogP contribution is -2.04. The smallest absolute Gasteiger partial charge is 0.338 e. The zero-order valence-corrected chi connectivity index (χ0v) is 40.9. The number of carbonyl (C=O) groups is 2. The van der Waals surface area contributed by atoms with Crippen molar-refractivity contribution in [3.63, 3.8) is 0 Å². The maximum Gasteiger partial charge on any atom is 0.338 e. The molecule has 0 unspecified atom stereocenters. The van der Waals surface area contributed by atoms with Crippen molar-refractivity contribution in [3.05, 3.63) is 238 Å². The Morgan fingerprint density at radius 3 is 1.09 bits per heavy atom. The molecule has 3 aromatic heterocycles. The van der Waals surface area contributed by atoms with Gasteiger partial charge < -0.3 is 19.4 Å². The molecule has 8 heteroatoms. The number of hydrogen-bond donors (Lipinski definition) is 2. The van der Waals surface area contributed by atoms with Gasteiger partial charge in [-0.1, -0.05) is 158 Å². The van der Waals surface area contributed by atoms with E-state index in [2.05, 4.69) is 143 Å². The summed E-state index contributed by atoms with van der Waals surface area (Å²) in [5.74, 6) is -0.749. The summed E-state index contributed by atoms with van der Waals surface area (Å²) in [6.07, 6.45) is 16.6. The average molecular weight is 963 g/mol. The first-order chi connectivity index (χ1) is 36.4. The van der Waals surface area contributed by atoms with E-state index in [-0.39, 0.29) is 25.2 Å². The van der Waals surface area contributed by atoms with E-state index >= 15 is 0 Å². The molecule has 2 N–H and O–H groups in total. The van der Waals surface area contributed by atoms with Gasteiger partial charge in [0, 0.05) is 44.3 Å². The van der Waals surface area contributed by atoms with Crippen molar-refractivity contribution in [2.75, 3.05) is 13.2 Å². The number of nitrogens with one attached hydrogen (secondary N) is 2. The van der Waals surface area contributed by atoms with E-state index in [4.69, 9.17) is 19.4 Å². The van der Waals surface area contributed by atoms with Crippen LogP contribution < -0.4 is 0 Å². The molecule has 0 saturated heterocycles. The Hall–Kier alpha value is -9.66. The van der Waals surface area contributed by atoms with Gasteiger partial charge in [-0.05, 0) is 131 Å². The van der Waals surface area contributed by atoms with E-state index in [0.717, 1.165) is 112 Å². The molecule has 0 radical (unpaired) electrons. The number of nitrogens with zero attached hydrogens (tertiary/aromatic N) is 2. The predicted octanol–water partition coefficient (Wildman–Crippen LogP) is 16.0. The minimum atomic E-state index is -0.375. The van der Waals surface area contributed by atoms with Crippen molar-refractivity contribution in [3.8, 4) is 44.5 Å². The molecule has 358 valence electrons. The lowest BCUT2D eigenvalue weighted by Gasteiger charge is -2.07. The molecule has 2 aliphatic rings. The van der Waals surface area contributed by atoms with Gasteiger partial charge in [-0.25, -0.2) is 19.6 Å². The van der Waals surface area contributed by atoms with Crippen molar-refractivity contribution < 1.29 is 19.1 Å². The Labute approximate surface area is 429 Å². The summed E-state index contributed by atoms with van der Waals surface area (Å²) in [6.45, 7) is 4.18. The molecule has 5 heterocycles. The van der Waals surface area contributed by atoms with Gasteiger partial charge in [0.2, 0.25) is 0 Å². The van der Waals surface area contributed by atoms with Gasteiger partial charge in [-0.3, -0.25) is 0 Å². The number of ether oxygens (including phenoxy) is 2. The summed E-state index contributed by atoms with van der Waals surface area (Å²) in [4.78, 5) is 44.1. The highest BCUT2D eigenvalue weighted by Crippen LogP contribution is 2.36. The monoisotopic (exact) mass is 962 g/mol. The van der Waals surface area contributed by atoms with Gasteiger partial charge in [-0.2, -0.15) is 0 Å². The number of aromatic nitrogens is 4. The first-order valence-corrected chi connectivity index (χ1v) is 24.8. The molecular weight excluding hydrogens is 913 g/mol. The minimum Gasteiger partial charge on any atom is -0.462 e. The van der Waals surface area contributed by atoms with E-state index in [1.54, 1.807) is 38.1 Å². The third-order valence-corrected chi connectivity index (χ3v) is 13.1. The first-order valence-electron chi connectivity index (χ1n) is 24.8. The molecular formula is C66H50N4O4. The third kappa shape index (κ3) is 9.85. The fraction of sp³-hybridized carbons (Fsp3) is 0.0606. The quantitative estimate of drug-likeness (QED) is 0.118. The van der Waals surface area contributed by atoms with Gasteiger partial charge in [0.05, 0.1) is 47.1 Å². The lowest BCUT2D eigenvalue weighted by molar-refractivity contribution is 0.0517. The van der Waals surface area contributed by atoms with Crippen LogP contribution in [0.25, 0.3) is 115 Å². The Balaban J connectivity index is 1.14. The zero-order valence-electron chi connectivity index (χ0n) is 40.9. The highest BCUT2D eigenvalue weighted by atomic mass is 16.5. The summed E-state index contributed by atoms with van der Waals surface area (Å²) in [5.41, 5.74) is 19.1. The van der Waals surface area contributed by atoms with E-state index < -0.39 is 0 Å². The van der Waals surface area contributed by atoms with Crippen molar-refractivity contribution in [2.45, 2.75) is 13.8 Å². The van der Waals surface area contributed by atoms with Crippen molar-refractivity contribution in [2.24, 2.45) is 0 Å². The van der Waals surface area contributed by atoms with Gasteiger partial charge in [0.15, 0.2) is 0 Å². The molecule has 74 heavy (non-hydrogen) atoms. The lowest BCUT2D eigenvalue weighted by atomic mass is 10.0. The molecule has 6 aromatic carbocycles. The van der Waals surface area contributed by atoms with E-state index in [0.29, 0.717) is 11.1 Å². The highest BCUT2D eigenvalue weighted by molar-refractivity contribution is 5.99. The topological polar surface area (TPSA) is 110 Å². The zero-order chi connectivity index (χ0) is 50.4. The average Bonchev–Trinajstić information content (AvgIpc) is 4.31. The second kappa shape index (κ2) is 21.0. The van der Waals surface area contributed by atoms with Crippen LogP contribution in [0.15, 0.2) is 182 Å². The number of carbonyl (C=O) groups excluding carboxylic acids is 2. The fourth-order valence-corrected chi connectivity index (χ4v) is 9.38. The first kappa shape index (κ1) is 46.7. The third-order valence-electron chi connectivity index (χ3n) is 13.1. The second-order valence-corrected chi connectivity index (χ2v) is 17.8. The number of hydrogen-bond acceptors (Lipinski definition) is 6. The summed E-state index contributed by atoms with van der Waals surface area (Å²) < 4.78 is 10.7. The normalized spacial score (nSPS) is 11.9. The molecule has 8 bridgehead atoms. The maximum atomic E-state index is 12.8. The van der Waals surface area contributed by atoms with Gasteiger partial charge >= 0.3 is 11.9 Å². The van der Waals surface area contributed by atoms with Crippen LogP contribution in [0.3, 0.4) is 0 Å². The molecule has 0 spiro atoms. The molecule has 8 nitrogen and oxygen atoms in total. The number of benzene rings is 6. The van der Waals surface area contributed by atoms with Gasteiger partial charge in [0.1, 0.15) is 0 Å². The summed E-state index contributed by atoms with van der Waals surface area (Å²) >= 11 is 0. The van der Waals surface area contributed by atoms with Gasteiger partial charge in [0.25, 0.3) is 0 Å². The Bertz CT molecular complexity index is 3590. The molecule has 11 rings (SSSR count). The highest BCUT2D eigenvalue weighted by Gasteiger charge is 2.18. The van der Waals surface area contributed by atoms with Gasteiger partial charge in [-0.15, -0.1) is 0 Å². The number of esters is 2. The van der Waals surface area contributed by atoms with E-state index in [9.17, 15) is 9.59 Å². The van der Waals surface area contributed by atoms with Crippen molar-refractivity contribution in [1.29, 1.82) is 0 Å². The van der Waals surface area contributed by atoms with Crippen LogP contribution in [0, 0.1) is 0 Å². The maximum absolute atomic E-state index is 12.8. The minimum absolute atomic E-state index is 0.285. The molecule has 9 aromatic rings. The Kier molecular flexibility index (Phi) is 13.2. The van der Waals surface area contributed by atoms with Crippen LogP contribution in [-0.4, -0.2) is 45.1 Å². The molecule has 0 aliphatic carbocycles. The fourth-order valence-electron chi connectivity index (χ4n) is 9.38. The SMILES string of the molecule is CCOC(=O)c1ccc(-c2c3nc(c(/C=C/c4ccc(-c5ccccc5)cc4)c4ccc([nH]4)c(-c4ccc(C(=O)OCC)cc4)c4nc(c(/C=C/c5ccc(-c6ccccc6)cc5)c5ccc2[nH]5)C=C4)C=C3)cc1. The summed E-state index contributed by atoms with van der Waals surface area (Å²) in [5, 5.41) is 0. The molecule has 2 aliphatic heterocycles. The van der Waals surface area contributed by atoms with E-state index in [1.807, 2.05) is 72.8 Å². The predicted molar refractivity (Wildman–Crippen MR) is 303 cm³/mol. The van der Waals surface area contributed by atoms with E-state index in [1.165, 1.54) is 0 Å². The Morgan fingerprint density at radius 2 is 0.716 bits per heavy atom. The van der Waals surface area contributed by atoms with Crippen LogP contribution in [-0.2, 0) is 9.47 Å². The van der Waals surface area contributed by atoms with Crippen LogP contribution in [0.4, 0.5) is 0 Å². The largest absolute Gasteiger partial charge is 0.462 e. The molecule has 0 saturated carbocycles. The van der Waals surface area contributed by atoms with Crippen LogP contribution in [0.2, 0.25) is 0 Å². The van der Waals surface area contributed by atoms with Crippen molar-refractivity contribution in [1.82, 2.24) is 19.9 Å². The molecule has 0 fully saturated rings. The number of fused-ring (bicyclic) bond motifs is 8. The molecule has 0 amide bonds. The number of rotatable bonds is 12. The second-order valence-electron chi connectivity index (χ2n) is 17.8. The van der Waals surface area contributed by atoms with Crippen LogP contribution in [0.5, 0.6) is 0 Å². The van der Waals surface area contributed by atoms with Crippen molar-refractivity contribution >= 4 is 82.6 Å². The summed E-state index contributed by atoms with van der Waals surface area (Å²) in [6, 6.07) is 61.0. The standard InChI is InChI=1S/C66H50N4O4/c1-3-73-65(71)51-29-25-49(26-30-51)63-59-39-35-55(67-59)53(33-19-43-15-21-47(22-16-43)45-11-7-5-8-12-45)57-37-41-61(69-57)64(50-27-31-52(32-28-50)66(72)74-4-2)62-42-38-58(70-62)54(56-36-40-60(63)68-56)34-20-44-17-23-48(24-18-44)46-13-9-6-10-14-46/h5-42,67,70H,3-4H2,1-2H3/b33-19+,34-20+,55-53?,56-54?,57-53?,58-54?,63-59?,63-60?,64-61?,64-62?. The summed E-state index contributed by atoms with van der Waals surface area (Å²) in [7, 11) is 0. The van der Waals surface area contributed by atoms with Crippen LogP contribution in [0.1, 0.15) is 79.6 Å².